The van der Waals surface area contributed by atoms with E-state index in [0.29, 0.717) is 12.6 Å². The molecule has 1 aliphatic carbocycles. The zero-order chi connectivity index (χ0) is 12.5. The fourth-order valence-corrected chi connectivity index (χ4v) is 1.88. The van der Waals surface area contributed by atoms with Crippen molar-refractivity contribution in [2.75, 3.05) is 7.11 Å². The first-order valence-corrected chi connectivity index (χ1v) is 5.77. The molecule has 3 rings (SSSR count). The number of hydrogen-bond donors (Lipinski definition) is 0. The van der Waals surface area contributed by atoms with E-state index in [1.165, 1.54) is 20.0 Å². The maximum absolute atomic E-state index is 11.3. The SMILES string of the molecule is COC(=O)c1cn(Cc2cncn2C2CC2)nn1. The van der Waals surface area contributed by atoms with Crippen molar-refractivity contribution in [1.29, 1.82) is 0 Å². The molecule has 18 heavy (non-hydrogen) atoms. The van der Waals surface area contributed by atoms with Gasteiger partial charge in [-0.3, -0.25) is 0 Å². The molecule has 0 saturated heterocycles. The van der Waals surface area contributed by atoms with E-state index in [-0.39, 0.29) is 5.69 Å². The van der Waals surface area contributed by atoms with Gasteiger partial charge in [0.15, 0.2) is 5.69 Å². The smallest absolute Gasteiger partial charge is 0.360 e. The van der Waals surface area contributed by atoms with Gasteiger partial charge in [0.1, 0.15) is 0 Å². The zero-order valence-electron chi connectivity index (χ0n) is 9.98. The Morgan fingerprint density at radius 3 is 3.11 bits per heavy atom. The maximum Gasteiger partial charge on any atom is 0.360 e. The van der Waals surface area contributed by atoms with E-state index in [2.05, 4.69) is 24.6 Å². The molecule has 0 spiro atoms. The number of hydrogen-bond acceptors (Lipinski definition) is 5. The van der Waals surface area contributed by atoms with Crippen LogP contribution in [-0.2, 0) is 11.3 Å². The molecular formula is C11H13N5O2. The molecule has 1 saturated carbocycles. The maximum atomic E-state index is 11.3. The second-order valence-corrected chi connectivity index (χ2v) is 4.32. The summed E-state index contributed by atoms with van der Waals surface area (Å²) < 4.78 is 8.35. The molecule has 0 atom stereocenters. The average molecular weight is 247 g/mol. The van der Waals surface area contributed by atoms with Crippen molar-refractivity contribution < 1.29 is 9.53 Å². The third-order valence-electron chi connectivity index (χ3n) is 2.94. The molecule has 94 valence electrons. The molecule has 7 heteroatoms. The van der Waals surface area contributed by atoms with Crippen molar-refractivity contribution in [1.82, 2.24) is 24.5 Å². The van der Waals surface area contributed by atoms with Gasteiger partial charge in [-0.1, -0.05) is 5.21 Å². The fourth-order valence-electron chi connectivity index (χ4n) is 1.88. The molecule has 1 fully saturated rings. The molecule has 2 aromatic rings. The summed E-state index contributed by atoms with van der Waals surface area (Å²) in [6.45, 7) is 0.556. The number of ether oxygens (including phenoxy) is 1. The molecule has 2 aromatic heterocycles. The molecular weight excluding hydrogens is 234 g/mol. The highest BCUT2D eigenvalue weighted by Crippen LogP contribution is 2.35. The molecule has 0 unspecified atom stereocenters. The standard InChI is InChI=1S/C11H13N5O2/c1-18-11(17)10-6-15(14-13-10)5-9-4-12-7-16(9)8-2-3-8/h4,6-8H,2-3,5H2,1H3. The van der Waals surface area contributed by atoms with Gasteiger partial charge in [-0.15, -0.1) is 5.10 Å². The van der Waals surface area contributed by atoms with Crippen LogP contribution in [0.5, 0.6) is 0 Å². The van der Waals surface area contributed by atoms with Crippen LogP contribution >= 0.6 is 0 Å². The van der Waals surface area contributed by atoms with Gasteiger partial charge >= 0.3 is 5.97 Å². The predicted molar refractivity (Wildman–Crippen MR) is 61.0 cm³/mol. The van der Waals surface area contributed by atoms with Crippen LogP contribution in [0.15, 0.2) is 18.7 Å². The highest BCUT2D eigenvalue weighted by Gasteiger charge is 2.25. The third-order valence-corrected chi connectivity index (χ3v) is 2.94. The highest BCUT2D eigenvalue weighted by molar-refractivity contribution is 5.86. The third kappa shape index (κ3) is 1.99. The number of nitrogens with zero attached hydrogens (tertiary/aromatic N) is 5. The second kappa shape index (κ2) is 4.25. The van der Waals surface area contributed by atoms with Crippen molar-refractivity contribution in [3.05, 3.63) is 30.1 Å². The second-order valence-electron chi connectivity index (χ2n) is 4.32. The minimum Gasteiger partial charge on any atom is -0.464 e. The first-order valence-electron chi connectivity index (χ1n) is 5.77. The van der Waals surface area contributed by atoms with Crippen LogP contribution in [-0.4, -0.2) is 37.6 Å². The zero-order valence-corrected chi connectivity index (χ0v) is 9.98. The largest absolute Gasteiger partial charge is 0.464 e. The van der Waals surface area contributed by atoms with Gasteiger partial charge in [0.25, 0.3) is 0 Å². The lowest BCUT2D eigenvalue weighted by atomic mass is 10.4. The minimum atomic E-state index is -0.475. The number of aromatic nitrogens is 5. The first kappa shape index (κ1) is 10.9. The minimum absolute atomic E-state index is 0.218. The van der Waals surface area contributed by atoms with E-state index < -0.39 is 5.97 Å². The Morgan fingerprint density at radius 2 is 2.39 bits per heavy atom. The van der Waals surface area contributed by atoms with Crippen LogP contribution in [0, 0.1) is 0 Å². The number of imidazole rings is 1. The van der Waals surface area contributed by atoms with Crippen LogP contribution in [0.25, 0.3) is 0 Å². The average Bonchev–Trinajstić information content (AvgIpc) is 2.95. The lowest BCUT2D eigenvalue weighted by molar-refractivity contribution is 0.0594. The summed E-state index contributed by atoms with van der Waals surface area (Å²) in [6.07, 6.45) is 7.64. The Labute approximate surface area is 103 Å². The van der Waals surface area contributed by atoms with Gasteiger partial charge in [0.2, 0.25) is 0 Å². The molecule has 0 N–H and O–H groups in total. The Balaban J connectivity index is 1.77. The van der Waals surface area contributed by atoms with Gasteiger partial charge in [-0.25, -0.2) is 14.5 Å². The molecule has 0 radical (unpaired) electrons. The van der Waals surface area contributed by atoms with Crippen LogP contribution in [0.1, 0.15) is 35.1 Å². The highest BCUT2D eigenvalue weighted by atomic mass is 16.5. The lowest BCUT2D eigenvalue weighted by Gasteiger charge is -2.05. The normalized spacial score (nSPS) is 14.7. The van der Waals surface area contributed by atoms with Crippen molar-refractivity contribution >= 4 is 5.97 Å². The quantitative estimate of drug-likeness (QED) is 0.741. The summed E-state index contributed by atoms with van der Waals surface area (Å²) in [5.74, 6) is -0.475. The molecule has 1 aliphatic rings. The molecule has 0 amide bonds. The summed E-state index contributed by atoms with van der Waals surface area (Å²) in [4.78, 5) is 15.4. The van der Waals surface area contributed by atoms with E-state index in [4.69, 9.17) is 0 Å². The fraction of sp³-hybridized carbons (Fsp3) is 0.455. The topological polar surface area (TPSA) is 74.8 Å². The van der Waals surface area contributed by atoms with E-state index in [1.54, 1.807) is 10.9 Å². The molecule has 0 bridgehead atoms. The Morgan fingerprint density at radius 1 is 1.56 bits per heavy atom. The summed E-state index contributed by atoms with van der Waals surface area (Å²) in [5.41, 5.74) is 1.29. The molecule has 7 nitrogen and oxygen atoms in total. The lowest BCUT2D eigenvalue weighted by Crippen LogP contribution is -2.06. The Bertz CT molecular complexity index is 570. The number of rotatable bonds is 4. The van der Waals surface area contributed by atoms with Gasteiger partial charge in [-0.05, 0) is 12.8 Å². The molecule has 0 aromatic carbocycles. The number of methoxy groups -OCH3 is 1. The summed E-state index contributed by atoms with van der Waals surface area (Å²) in [6, 6.07) is 0.575. The number of carbonyl (C=O) groups excluding carboxylic acids is 1. The van der Waals surface area contributed by atoms with Crippen LogP contribution in [0.2, 0.25) is 0 Å². The Hall–Kier alpha value is -2.18. The van der Waals surface area contributed by atoms with Crippen molar-refractivity contribution in [3.63, 3.8) is 0 Å². The predicted octanol–water partition coefficient (Wildman–Crippen LogP) is 0.644. The molecule has 0 aliphatic heterocycles. The summed E-state index contributed by atoms with van der Waals surface area (Å²) in [7, 11) is 1.32. The van der Waals surface area contributed by atoms with E-state index in [0.717, 1.165) is 5.69 Å². The van der Waals surface area contributed by atoms with Gasteiger partial charge in [0, 0.05) is 6.04 Å². The van der Waals surface area contributed by atoms with Gasteiger partial charge < -0.3 is 9.30 Å². The van der Waals surface area contributed by atoms with Crippen LogP contribution in [0.3, 0.4) is 0 Å². The number of carbonyl (C=O) groups is 1. The van der Waals surface area contributed by atoms with Crippen molar-refractivity contribution in [2.45, 2.75) is 25.4 Å². The number of esters is 1. The van der Waals surface area contributed by atoms with Crippen LogP contribution < -0.4 is 0 Å². The summed E-state index contributed by atoms with van der Waals surface area (Å²) >= 11 is 0. The van der Waals surface area contributed by atoms with E-state index in [9.17, 15) is 4.79 Å². The van der Waals surface area contributed by atoms with Crippen LogP contribution in [0.4, 0.5) is 0 Å². The van der Waals surface area contributed by atoms with Gasteiger partial charge in [0.05, 0.1) is 38.1 Å². The van der Waals surface area contributed by atoms with E-state index in [1.807, 2.05) is 12.5 Å². The Kier molecular flexibility index (Phi) is 2.58. The van der Waals surface area contributed by atoms with E-state index >= 15 is 0 Å². The first-order chi connectivity index (χ1) is 8.78. The van der Waals surface area contributed by atoms with Crippen molar-refractivity contribution in [2.24, 2.45) is 0 Å². The van der Waals surface area contributed by atoms with Crippen molar-refractivity contribution in [3.8, 4) is 0 Å². The summed E-state index contributed by atoms with van der Waals surface area (Å²) in [5, 5.41) is 7.67. The monoisotopic (exact) mass is 247 g/mol. The molecule has 2 heterocycles. The van der Waals surface area contributed by atoms with Gasteiger partial charge in [-0.2, -0.15) is 0 Å².